The molecule has 0 atom stereocenters. The molecule has 1 aliphatic rings. The van der Waals surface area contributed by atoms with Gasteiger partial charge in [-0.2, -0.15) is 0 Å². The molecule has 138 valence electrons. The zero-order valence-corrected chi connectivity index (χ0v) is 15.6. The monoisotopic (exact) mass is 354 g/mol. The summed E-state index contributed by atoms with van der Waals surface area (Å²) in [6.07, 6.45) is 3.57. The second-order valence-corrected chi connectivity index (χ2v) is 6.28. The molecule has 0 saturated carbocycles. The van der Waals surface area contributed by atoms with Crippen LogP contribution in [0.25, 0.3) is 0 Å². The number of hydrogen-bond acceptors (Lipinski definition) is 5. The van der Waals surface area contributed by atoms with Crippen LogP contribution in [0.5, 0.6) is 5.75 Å². The summed E-state index contributed by atoms with van der Waals surface area (Å²) in [5, 5.41) is 3.46. The fraction of sp³-hybridized carbons (Fsp3) is 0.421. The van der Waals surface area contributed by atoms with Crippen molar-refractivity contribution in [3.05, 3.63) is 47.8 Å². The van der Waals surface area contributed by atoms with Gasteiger partial charge in [0, 0.05) is 52.2 Å². The van der Waals surface area contributed by atoms with Crippen molar-refractivity contribution in [1.82, 2.24) is 20.2 Å². The molecule has 0 spiro atoms. The fourth-order valence-electron chi connectivity index (χ4n) is 3.13. The van der Waals surface area contributed by atoms with Crippen molar-refractivity contribution in [3.63, 3.8) is 0 Å². The average molecular weight is 354 g/mol. The van der Waals surface area contributed by atoms with E-state index in [2.05, 4.69) is 49.1 Å². The van der Waals surface area contributed by atoms with E-state index >= 15 is 0 Å². The molecule has 1 aromatic carbocycles. The van der Waals surface area contributed by atoms with Gasteiger partial charge in [-0.25, -0.2) is 9.97 Å². The SMILES string of the molecule is CN=C(NCc1cc(C)cc(OC)c1)N1CCN(c2ncccn2)CC1. The normalized spacial score (nSPS) is 15.1. The molecular formula is C19H26N6O. The minimum Gasteiger partial charge on any atom is -0.497 e. The molecule has 0 aliphatic carbocycles. The Hall–Kier alpha value is -2.83. The van der Waals surface area contributed by atoms with Crippen molar-refractivity contribution in [2.45, 2.75) is 13.5 Å². The number of anilines is 1. The van der Waals surface area contributed by atoms with Gasteiger partial charge in [0.05, 0.1) is 7.11 Å². The third-order valence-electron chi connectivity index (χ3n) is 4.42. The highest BCUT2D eigenvalue weighted by molar-refractivity contribution is 5.80. The molecule has 2 aromatic rings. The maximum absolute atomic E-state index is 5.35. The quantitative estimate of drug-likeness (QED) is 0.666. The second kappa shape index (κ2) is 8.51. The van der Waals surface area contributed by atoms with Crippen LogP contribution in [0.4, 0.5) is 5.95 Å². The van der Waals surface area contributed by atoms with Crippen LogP contribution >= 0.6 is 0 Å². The van der Waals surface area contributed by atoms with Gasteiger partial charge >= 0.3 is 0 Å². The first kappa shape index (κ1) is 18.0. The van der Waals surface area contributed by atoms with Crippen molar-refractivity contribution in [2.24, 2.45) is 4.99 Å². The summed E-state index contributed by atoms with van der Waals surface area (Å²) in [4.78, 5) is 17.6. The zero-order chi connectivity index (χ0) is 18.4. The Morgan fingerprint density at radius 3 is 2.54 bits per heavy atom. The lowest BCUT2D eigenvalue weighted by Crippen LogP contribution is -2.52. The summed E-state index contributed by atoms with van der Waals surface area (Å²) in [6.45, 7) is 6.31. The summed E-state index contributed by atoms with van der Waals surface area (Å²) >= 11 is 0. The highest BCUT2D eigenvalue weighted by atomic mass is 16.5. The molecule has 7 heteroatoms. The molecule has 1 saturated heterocycles. The summed E-state index contributed by atoms with van der Waals surface area (Å²) in [5.74, 6) is 2.59. The molecule has 7 nitrogen and oxygen atoms in total. The highest BCUT2D eigenvalue weighted by Gasteiger charge is 2.21. The Morgan fingerprint density at radius 2 is 1.88 bits per heavy atom. The highest BCUT2D eigenvalue weighted by Crippen LogP contribution is 2.16. The second-order valence-electron chi connectivity index (χ2n) is 6.28. The smallest absolute Gasteiger partial charge is 0.225 e. The number of aryl methyl sites for hydroxylation is 1. The van der Waals surface area contributed by atoms with Gasteiger partial charge in [-0.05, 0) is 36.2 Å². The number of nitrogens with one attached hydrogen (secondary N) is 1. The van der Waals surface area contributed by atoms with Crippen LogP contribution in [0.2, 0.25) is 0 Å². The molecule has 26 heavy (non-hydrogen) atoms. The van der Waals surface area contributed by atoms with E-state index in [0.29, 0.717) is 6.54 Å². The lowest BCUT2D eigenvalue weighted by molar-refractivity contribution is 0.370. The maximum atomic E-state index is 5.35. The van der Waals surface area contributed by atoms with Crippen LogP contribution in [0.3, 0.4) is 0 Å². The Labute approximate surface area is 154 Å². The molecule has 0 amide bonds. The number of piperazine rings is 1. The van der Waals surface area contributed by atoms with Crippen LogP contribution in [-0.2, 0) is 6.54 Å². The van der Waals surface area contributed by atoms with E-state index < -0.39 is 0 Å². The fourth-order valence-corrected chi connectivity index (χ4v) is 3.13. The van der Waals surface area contributed by atoms with Gasteiger partial charge in [0.1, 0.15) is 5.75 Å². The zero-order valence-electron chi connectivity index (χ0n) is 15.6. The lowest BCUT2D eigenvalue weighted by Gasteiger charge is -2.36. The Kier molecular flexibility index (Phi) is 5.88. The van der Waals surface area contributed by atoms with Crippen molar-refractivity contribution >= 4 is 11.9 Å². The maximum Gasteiger partial charge on any atom is 0.225 e. The number of aromatic nitrogens is 2. The third kappa shape index (κ3) is 4.41. The van der Waals surface area contributed by atoms with E-state index in [-0.39, 0.29) is 0 Å². The van der Waals surface area contributed by atoms with Crippen LogP contribution in [-0.4, -0.2) is 61.2 Å². The van der Waals surface area contributed by atoms with Crippen molar-refractivity contribution < 1.29 is 4.74 Å². The predicted octanol–water partition coefficient (Wildman–Crippen LogP) is 1.69. The van der Waals surface area contributed by atoms with Gasteiger partial charge in [0.2, 0.25) is 5.95 Å². The van der Waals surface area contributed by atoms with E-state index in [1.165, 1.54) is 11.1 Å². The molecule has 3 rings (SSSR count). The van der Waals surface area contributed by atoms with E-state index in [0.717, 1.165) is 43.8 Å². The van der Waals surface area contributed by atoms with Crippen molar-refractivity contribution in [2.75, 3.05) is 45.2 Å². The Bertz CT molecular complexity index is 741. The molecular weight excluding hydrogens is 328 g/mol. The summed E-state index contributed by atoms with van der Waals surface area (Å²) in [5.41, 5.74) is 2.37. The number of benzene rings is 1. The molecule has 0 radical (unpaired) electrons. The number of hydrogen-bond donors (Lipinski definition) is 1. The van der Waals surface area contributed by atoms with Gasteiger partial charge in [-0.15, -0.1) is 0 Å². The molecule has 1 N–H and O–H groups in total. The van der Waals surface area contributed by atoms with Crippen molar-refractivity contribution in [3.8, 4) is 5.75 Å². The molecule has 1 fully saturated rings. The van der Waals surface area contributed by atoms with E-state index in [9.17, 15) is 0 Å². The van der Waals surface area contributed by atoms with Gasteiger partial charge in [-0.3, -0.25) is 4.99 Å². The van der Waals surface area contributed by atoms with Crippen LogP contribution in [0.15, 0.2) is 41.7 Å². The first-order valence-corrected chi connectivity index (χ1v) is 8.81. The molecule has 1 aliphatic heterocycles. The van der Waals surface area contributed by atoms with E-state index in [1.54, 1.807) is 19.5 Å². The molecule has 0 unspecified atom stereocenters. The number of ether oxygens (including phenoxy) is 1. The molecule has 0 bridgehead atoms. The topological polar surface area (TPSA) is 65.9 Å². The summed E-state index contributed by atoms with van der Waals surface area (Å²) in [6, 6.07) is 8.08. The van der Waals surface area contributed by atoms with Crippen molar-refractivity contribution in [1.29, 1.82) is 0 Å². The summed E-state index contributed by atoms with van der Waals surface area (Å²) in [7, 11) is 3.52. The summed E-state index contributed by atoms with van der Waals surface area (Å²) < 4.78 is 5.35. The van der Waals surface area contributed by atoms with Gasteiger partial charge < -0.3 is 19.9 Å². The molecule has 2 heterocycles. The van der Waals surface area contributed by atoms with E-state index in [4.69, 9.17) is 4.74 Å². The number of aliphatic imine (C=N–C) groups is 1. The lowest BCUT2D eigenvalue weighted by atomic mass is 10.1. The first-order valence-electron chi connectivity index (χ1n) is 8.81. The minimum absolute atomic E-state index is 0.715. The van der Waals surface area contributed by atoms with Crippen LogP contribution < -0.4 is 15.0 Å². The van der Waals surface area contributed by atoms with Gasteiger partial charge in [0.15, 0.2) is 5.96 Å². The molecule has 1 aromatic heterocycles. The third-order valence-corrected chi connectivity index (χ3v) is 4.42. The number of nitrogens with zero attached hydrogens (tertiary/aromatic N) is 5. The largest absolute Gasteiger partial charge is 0.497 e. The van der Waals surface area contributed by atoms with Gasteiger partial charge in [0.25, 0.3) is 0 Å². The Morgan fingerprint density at radius 1 is 1.15 bits per heavy atom. The van der Waals surface area contributed by atoms with Gasteiger partial charge in [-0.1, -0.05) is 6.07 Å². The Balaban J connectivity index is 1.56. The number of methoxy groups -OCH3 is 1. The van der Waals surface area contributed by atoms with E-state index in [1.807, 2.05) is 19.2 Å². The minimum atomic E-state index is 0.715. The van der Waals surface area contributed by atoms with Crippen LogP contribution in [0.1, 0.15) is 11.1 Å². The average Bonchev–Trinajstić information content (AvgIpc) is 2.69. The predicted molar refractivity (Wildman–Crippen MR) is 104 cm³/mol. The number of rotatable bonds is 4. The number of guanidine groups is 1. The standard InChI is InChI=1S/C19H26N6O/c1-15-11-16(13-17(12-15)26-3)14-23-18(20-2)24-7-9-25(10-8-24)19-21-5-4-6-22-19/h4-6,11-13H,7-10,14H2,1-3H3,(H,20,23). The van der Waals surface area contributed by atoms with Crippen LogP contribution in [0, 0.1) is 6.92 Å². The first-order chi connectivity index (χ1) is 12.7.